The van der Waals surface area contributed by atoms with Gasteiger partial charge in [-0.25, -0.2) is 0 Å². The first-order valence-electron chi connectivity index (χ1n) is 3.99. The molecule has 2 N–H and O–H groups in total. The fourth-order valence-electron chi connectivity index (χ4n) is 1.81. The number of hydrogen-bond acceptors (Lipinski definition) is 2. The maximum Gasteiger partial charge on any atom is 0.0597 e. The highest BCUT2D eigenvalue weighted by molar-refractivity contribution is 5.21. The molecule has 2 aliphatic rings. The zero-order chi connectivity index (χ0) is 6.97. The van der Waals surface area contributed by atoms with Gasteiger partial charge in [0, 0.05) is 18.7 Å². The Morgan fingerprint density at radius 3 is 3.20 bits per heavy atom. The predicted molar refractivity (Wildman–Crippen MR) is 39.5 cm³/mol. The van der Waals surface area contributed by atoms with Crippen molar-refractivity contribution < 1.29 is 5.11 Å². The minimum absolute atomic E-state index is 0.0793. The van der Waals surface area contributed by atoms with Gasteiger partial charge in [-0.2, -0.15) is 0 Å². The highest BCUT2D eigenvalue weighted by atomic mass is 16.3. The number of aliphatic hydroxyl groups is 1. The van der Waals surface area contributed by atoms with Gasteiger partial charge in [-0.3, -0.25) is 0 Å². The maximum atomic E-state index is 9.28. The highest BCUT2D eigenvalue weighted by Gasteiger charge is 2.21. The monoisotopic (exact) mass is 139 g/mol. The van der Waals surface area contributed by atoms with Crippen molar-refractivity contribution in [2.45, 2.75) is 31.8 Å². The van der Waals surface area contributed by atoms with Gasteiger partial charge in [0.05, 0.1) is 6.10 Å². The molecule has 0 saturated heterocycles. The van der Waals surface area contributed by atoms with Gasteiger partial charge in [-0.05, 0) is 24.8 Å². The van der Waals surface area contributed by atoms with E-state index in [2.05, 4.69) is 5.32 Å². The molecule has 0 amide bonds. The van der Waals surface area contributed by atoms with Gasteiger partial charge < -0.3 is 10.4 Å². The lowest BCUT2D eigenvalue weighted by Crippen LogP contribution is -2.18. The van der Waals surface area contributed by atoms with Crippen LogP contribution in [0, 0.1) is 0 Å². The van der Waals surface area contributed by atoms with Crippen LogP contribution in [0.1, 0.15) is 25.7 Å². The summed E-state index contributed by atoms with van der Waals surface area (Å²) < 4.78 is 0. The Morgan fingerprint density at radius 2 is 2.30 bits per heavy atom. The number of nitrogens with one attached hydrogen (secondary N) is 1. The van der Waals surface area contributed by atoms with E-state index in [0.717, 1.165) is 25.8 Å². The fourth-order valence-corrected chi connectivity index (χ4v) is 1.81. The number of hydrogen-bond donors (Lipinski definition) is 2. The van der Waals surface area contributed by atoms with E-state index in [4.69, 9.17) is 0 Å². The Labute approximate surface area is 60.9 Å². The molecule has 0 spiro atoms. The Kier molecular flexibility index (Phi) is 1.42. The zero-order valence-electron chi connectivity index (χ0n) is 6.06. The van der Waals surface area contributed by atoms with Crippen molar-refractivity contribution in [3.05, 3.63) is 11.3 Å². The topological polar surface area (TPSA) is 32.3 Å². The second-order valence-electron chi connectivity index (χ2n) is 3.16. The average Bonchev–Trinajstić information content (AvgIpc) is 2.33. The summed E-state index contributed by atoms with van der Waals surface area (Å²) in [6, 6.07) is 0. The molecular weight excluding hydrogens is 126 g/mol. The highest BCUT2D eigenvalue weighted by Crippen LogP contribution is 2.28. The average molecular weight is 139 g/mol. The van der Waals surface area contributed by atoms with Gasteiger partial charge >= 0.3 is 0 Å². The summed E-state index contributed by atoms with van der Waals surface area (Å²) in [5.74, 6) is 0. The molecule has 56 valence electrons. The lowest BCUT2D eigenvalue weighted by atomic mass is 9.95. The molecule has 0 bridgehead atoms. The third-order valence-corrected chi connectivity index (χ3v) is 2.41. The molecule has 10 heavy (non-hydrogen) atoms. The molecule has 0 aromatic carbocycles. The molecule has 0 saturated carbocycles. The van der Waals surface area contributed by atoms with E-state index < -0.39 is 0 Å². The summed E-state index contributed by atoms with van der Waals surface area (Å²) in [4.78, 5) is 0. The first-order valence-corrected chi connectivity index (χ1v) is 3.99. The van der Waals surface area contributed by atoms with Crippen LogP contribution in [-0.2, 0) is 0 Å². The van der Waals surface area contributed by atoms with Crippen molar-refractivity contribution in [1.29, 1.82) is 0 Å². The molecule has 0 aromatic heterocycles. The van der Waals surface area contributed by atoms with E-state index in [9.17, 15) is 5.11 Å². The molecule has 1 aliphatic heterocycles. The SMILES string of the molecule is OC1CCC2=C(C1)NCC2. The Morgan fingerprint density at radius 1 is 1.40 bits per heavy atom. The van der Waals surface area contributed by atoms with Gasteiger partial charge in [-0.15, -0.1) is 0 Å². The van der Waals surface area contributed by atoms with E-state index in [1.807, 2.05) is 0 Å². The first-order chi connectivity index (χ1) is 4.86. The van der Waals surface area contributed by atoms with Crippen LogP contribution in [0.25, 0.3) is 0 Å². The van der Waals surface area contributed by atoms with Crippen LogP contribution in [-0.4, -0.2) is 17.8 Å². The molecule has 0 aromatic rings. The molecular formula is C8H13NO. The van der Waals surface area contributed by atoms with Crippen LogP contribution >= 0.6 is 0 Å². The van der Waals surface area contributed by atoms with E-state index >= 15 is 0 Å². The van der Waals surface area contributed by atoms with Gasteiger partial charge in [0.2, 0.25) is 0 Å². The summed E-state index contributed by atoms with van der Waals surface area (Å²) in [5.41, 5.74) is 2.89. The third-order valence-electron chi connectivity index (χ3n) is 2.41. The number of rotatable bonds is 0. The van der Waals surface area contributed by atoms with Crippen LogP contribution in [0.15, 0.2) is 11.3 Å². The molecule has 0 radical (unpaired) electrons. The molecule has 1 atom stereocenters. The van der Waals surface area contributed by atoms with Crippen LogP contribution < -0.4 is 5.32 Å². The molecule has 2 rings (SSSR count). The largest absolute Gasteiger partial charge is 0.393 e. The van der Waals surface area contributed by atoms with Crippen LogP contribution in [0.5, 0.6) is 0 Å². The Balaban J connectivity index is 2.13. The second-order valence-corrected chi connectivity index (χ2v) is 3.16. The number of aliphatic hydroxyl groups excluding tert-OH is 1. The van der Waals surface area contributed by atoms with Crippen molar-refractivity contribution in [1.82, 2.24) is 5.32 Å². The Bertz CT molecular complexity index is 174. The lowest BCUT2D eigenvalue weighted by Gasteiger charge is -2.18. The van der Waals surface area contributed by atoms with Gasteiger partial charge in [0.25, 0.3) is 0 Å². The quantitative estimate of drug-likeness (QED) is 0.519. The lowest BCUT2D eigenvalue weighted by molar-refractivity contribution is 0.157. The smallest absolute Gasteiger partial charge is 0.0597 e. The van der Waals surface area contributed by atoms with Crippen LogP contribution in [0.2, 0.25) is 0 Å². The van der Waals surface area contributed by atoms with Gasteiger partial charge in [0.15, 0.2) is 0 Å². The second kappa shape index (κ2) is 2.27. The van der Waals surface area contributed by atoms with Crippen LogP contribution in [0.3, 0.4) is 0 Å². The summed E-state index contributed by atoms with van der Waals surface area (Å²) >= 11 is 0. The van der Waals surface area contributed by atoms with Crippen molar-refractivity contribution in [2.75, 3.05) is 6.54 Å². The summed E-state index contributed by atoms with van der Waals surface area (Å²) in [7, 11) is 0. The van der Waals surface area contributed by atoms with Crippen molar-refractivity contribution in [3.8, 4) is 0 Å². The minimum atomic E-state index is -0.0793. The molecule has 2 heteroatoms. The maximum absolute atomic E-state index is 9.28. The minimum Gasteiger partial charge on any atom is -0.393 e. The van der Waals surface area contributed by atoms with E-state index in [1.54, 1.807) is 5.57 Å². The van der Waals surface area contributed by atoms with E-state index in [-0.39, 0.29) is 6.10 Å². The normalized spacial score (nSPS) is 31.9. The first kappa shape index (κ1) is 6.23. The predicted octanol–water partition coefficient (Wildman–Crippen LogP) is 0.779. The van der Waals surface area contributed by atoms with Gasteiger partial charge in [0.1, 0.15) is 0 Å². The molecule has 2 nitrogen and oxygen atoms in total. The fraction of sp³-hybridized carbons (Fsp3) is 0.750. The zero-order valence-corrected chi connectivity index (χ0v) is 6.06. The third kappa shape index (κ3) is 0.926. The van der Waals surface area contributed by atoms with E-state index in [1.165, 1.54) is 12.1 Å². The summed E-state index contributed by atoms with van der Waals surface area (Å²) in [6.45, 7) is 1.09. The van der Waals surface area contributed by atoms with Crippen molar-refractivity contribution >= 4 is 0 Å². The standard InChI is InChI=1S/C8H13NO/c10-7-2-1-6-3-4-9-8(6)5-7/h7,9-10H,1-5H2. The molecule has 0 fully saturated rings. The van der Waals surface area contributed by atoms with Gasteiger partial charge in [-0.1, -0.05) is 0 Å². The van der Waals surface area contributed by atoms with E-state index in [0.29, 0.717) is 0 Å². The van der Waals surface area contributed by atoms with Crippen molar-refractivity contribution in [3.63, 3.8) is 0 Å². The molecule has 1 unspecified atom stereocenters. The molecule has 1 heterocycles. The summed E-state index contributed by atoms with van der Waals surface area (Å²) in [6.07, 6.45) is 4.09. The van der Waals surface area contributed by atoms with Crippen LogP contribution in [0.4, 0.5) is 0 Å². The van der Waals surface area contributed by atoms with Crippen molar-refractivity contribution in [2.24, 2.45) is 0 Å². The Hall–Kier alpha value is -0.500. The molecule has 1 aliphatic carbocycles. The summed E-state index contributed by atoms with van der Waals surface area (Å²) in [5, 5.41) is 12.6.